The maximum Gasteiger partial charge on any atom is 0.0997 e. The highest BCUT2D eigenvalue weighted by Gasteiger charge is 2.46. The van der Waals surface area contributed by atoms with Crippen LogP contribution in [0.2, 0.25) is 0 Å². The molecule has 5 nitrogen and oxygen atoms in total. The van der Waals surface area contributed by atoms with Crippen LogP contribution in [0.15, 0.2) is 12.3 Å². The first-order chi connectivity index (χ1) is 11.1. The van der Waals surface area contributed by atoms with E-state index in [1.807, 2.05) is 24.6 Å². The van der Waals surface area contributed by atoms with E-state index in [9.17, 15) is 0 Å². The van der Waals surface area contributed by atoms with Gasteiger partial charge in [-0.25, -0.2) is 0 Å². The van der Waals surface area contributed by atoms with Gasteiger partial charge in [0.1, 0.15) is 0 Å². The van der Waals surface area contributed by atoms with Crippen LogP contribution in [0.25, 0.3) is 0 Å². The third-order valence-corrected chi connectivity index (χ3v) is 6.38. The summed E-state index contributed by atoms with van der Waals surface area (Å²) in [4.78, 5) is 3.00. The van der Waals surface area contributed by atoms with Crippen LogP contribution in [0.3, 0.4) is 0 Å². The molecule has 0 saturated carbocycles. The number of aryl methyl sites for hydroxylation is 2. The standard InChI is InChI=1S/C17H24N4OS/c1-4-12-7-13-16(23-12)5-6-22-17(13)8-11(2)18-14(9-17)15-10-21(3)20-19-15/h7,10-11,14,18H,4-6,8-9H2,1-3H3/t11-,14-,17?/m0/s1. The number of aromatic nitrogens is 3. The highest BCUT2D eigenvalue weighted by molar-refractivity contribution is 7.12. The molecule has 2 aliphatic heterocycles. The van der Waals surface area contributed by atoms with Gasteiger partial charge in [-0.1, -0.05) is 12.1 Å². The molecule has 4 rings (SSSR count). The van der Waals surface area contributed by atoms with Crippen molar-refractivity contribution < 1.29 is 4.74 Å². The number of thiophene rings is 1. The van der Waals surface area contributed by atoms with Crippen molar-refractivity contribution in [2.45, 2.75) is 57.2 Å². The first-order valence-corrected chi connectivity index (χ1v) is 9.29. The number of nitrogens with zero attached hydrogens (tertiary/aromatic N) is 3. The summed E-state index contributed by atoms with van der Waals surface area (Å²) >= 11 is 1.97. The summed E-state index contributed by atoms with van der Waals surface area (Å²) in [6.45, 7) is 5.31. The summed E-state index contributed by atoms with van der Waals surface area (Å²) in [7, 11) is 1.92. The molecule has 1 saturated heterocycles. The molecular weight excluding hydrogens is 308 g/mol. The van der Waals surface area contributed by atoms with E-state index in [4.69, 9.17) is 4.74 Å². The van der Waals surface area contributed by atoms with Gasteiger partial charge < -0.3 is 10.1 Å². The first kappa shape index (κ1) is 15.3. The molecule has 4 heterocycles. The molecule has 2 aromatic rings. The predicted molar refractivity (Wildman–Crippen MR) is 90.6 cm³/mol. The van der Waals surface area contributed by atoms with Crippen molar-refractivity contribution in [3.05, 3.63) is 33.3 Å². The van der Waals surface area contributed by atoms with Gasteiger partial charge in [0.15, 0.2) is 0 Å². The zero-order chi connectivity index (χ0) is 16.0. The Morgan fingerprint density at radius 3 is 3.09 bits per heavy atom. The van der Waals surface area contributed by atoms with Crippen LogP contribution in [-0.4, -0.2) is 27.6 Å². The number of hydrogen-bond acceptors (Lipinski definition) is 5. The normalized spacial score (nSPS) is 30.6. The molecule has 1 spiro atoms. The van der Waals surface area contributed by atoms with Gasteiger partial charge in [-0.05, 0) is 31.4 Å². The fraction of sp³-hybridized carbons (Fsp3) is 0.647. The monoisotopic (exact) mass is 332 g/mol. The topological polar surface area (TPSA) is 52.0 Å². The molecule has 0 radical (unpaired) electrons. The molecule has 23 heavy (non-hydrogen) atoms. The van der Waals surface area contributed by atoms with Crippen molar-refractivity contribution in [3.8, 4) is 0 Å². The Labute approximate surface area is 141 Å². The van der Waals surface area contributed by atoms with Gasteiger partial charge >= 0.3 is 0 Å². The van der Waals surface area contributed by atoms with E-state index in [2.05, 4.69) is 35.5 Å². The molecule has 2 aliphatic rings. The fourth-order valence-corrected chi connectivity index (χ4v) is 5.25. The van der Waals surface area contributed by atoms with E-state index in [-0.39, 0.29) is 11.6 Å². The number of nitrogens with one attached hydrogen (secondary N) is 1. The second-order valence-electron chi connectivity index (χ2n) is 6.84. The Kier molecular flexibility index (Phi) is 3.78. The van der Waals surface area contributed by atoms with Gasteiger partial charge in [-0.3, -0.25) is 4.68 Å². The van der Waals surface area contributed by atoms with Crippen molar-refractivity contribution in [1.82, 2.24) is 20.3 Å². The summed E-state index contributed by atoms with van der Waals surface area (Å²) in [6, 6.07) is 2.99. The van der Waals surface area contributed by atoms with Gasteiger partial charge in [-0.15, -0.1) is 16.4 Å². The molecule has 2 aromatic heterocycles. The van der Waals surface area contributed by atoms with E-state index in [0.29, 0.717) is 6.04 Å². The molecule has 124 valence electrons. The third kappa shape index (κ3) is 2.62. The lowest BCUT2D eigenvalue weighted by Gasteiger charge is -2.46. The van der Waals surface area contributed by atoms with Crippen LogP contribution in [0, 0.1) is 0 Å². The van der Waals surface area contributed by atoms with Gasteiger partial charge in [-0.2, -0.15) is 0 Å². The molecule has 1 unspecified atom stereocenters. The zero-order valence-corrected chi connectivity index (χ0v) is 14.8. The highest BCUT2D eigenvalue weighted by Crippen LogP contribution is 2.48. The summed E-state index contributed by atoms with van der Waals surface area (Å²) in [5.74, 6) is 0. The summed E-state index contributed by atoms with van der Waals surface area (Å²) in [5, 5.41) is 12.1. The lowest BCUT2D eigenvalue weighted by molar-refractivity contribution is -0.0978. The molecule has 0 aromatic carbocycles. The van der Waals surface area contributed by atoms with Crippen LogP contribution >= 0.6 is 11.3 Å². The maximum atomic E-state index is 6.43. The van der Waals surface area contributed by atoms with Gasteiger partial charge in [0, 0.05) is 41.9 Å². The average Bonchev–Trinajstić information content (AvgIpc) is 3.13. The molecule has 1 N–H and O–H groups in total. The van der Waals surface area contributed by atoms with Crippen molar-refractivity contribution in [2.24, 2.45) is 7.05 Å². The fourth-order valence-electron chi connectivity index (χ4n) is 4.07. The predicted octanol–water partition coefficient (Wildman–Crippen LogP) is 2.72. The van der Waals surface area contributed by atoms with E-state index < -0.39 is 0 Å². The van der Waals surface area contributed by atoms with Gasteiger partial charge in [0.05, 0.1) is 23.9 Å². The van der Waals surface area contributed by atoms with Crippen molar-refractivity contribution in [2.75, 3.05) is 6.61 Å². The number of ether oxygens (including phenoxy) is 1. The number of piperidine rings is 1. The molecule has 0 bridgehead atoms. The first-order valence-electron chi connectivity index (χ1n) is 8.48. The van der Waals surface area contributed by atoms with Crippen molar-refractivity contribution >= 4 is 11.3 Å². The zero-order valence-electron chi connectivity index (χ0n) is 14.0. The van der Waals surface area contributed by atoms with E-state index in [0.717, 1.165) is 38.0 Å². The number of fused-ring (bicyclic) bond motifs is 2. The second-order valence-corrected chi connectivity index (χ2v) is 8.06. The molecular formula is C17H24N4OS. The van der Waals surface area contributed by atoms with Crippen LogP contribution in [0.4, 0.5) is 0 Å². The quantitative estimate of drug-likeness (QED) is 0.919. The summed E-state index contributed by atoms with van der Waals surface area (Å²) in [6.07, 6.45) is 6.13. The highest BCUT2D eigenvalue weighted by atomic mass is 32.1. The molecule has 0 aliphatic carbocycles. The minimum atomic E-state index is -0.162. The van der Waals surface area contributed by atoms with E-state index in [1.54, 1.807) is 4.68 Å². The van der Waals surface area contributed by atoms with E-state index in [1.165, 1.54) is 15.3 Å². The van der Waals surface area contributed by atoms with Crippen LogP contribution in [0.1, 0.15) is 53.7 Å². The molecule has 3 atom stereocenters. The van der Waals surface area contributed by atoms with Gasteiger partial charge in [0.25, 0.3) is 0 Å². The molecule has 0 amide bonds. The minimum absolute atomic E-state index is 0.162. The maximum absolute atomic E-state index is 6.43. The Morgan fingerprint density at radius 1 is 1.48 bits per heavy atom. The smallest absolute Gasteiger partial charge is 0.0997 e. The molecule has 6 heteroatoms. The lowest BCUT2D eigenvalue weighted by Crippen LogP contribution is -2.49. The SMILES string of the molecule is CCc1cc2c(s1)CCOC21C[C@@H](c2cn(C)nn2)N[C@@H](C)C1. The van der Waals surface area contributed by atoms with Crippen LogP contribution in [0.5, 0.6) is 0 Å². The Balaban J connectivity index is 1.71. The van der Waals surface area contributed by atoms with E-state index >= 15 is 0 Å². The van der Waals surface area contributed by atoms with Crippen LogP contribution < -0.4 is 5.32 Å². The number of hydrogen-bond donors (Lipinski definition) is 1. The van der Waals surface area contributed by atoms with Crippen molar-refractivity contribution in [3.63, 3.8) is 0 Å². The number of rotatable bonds is 2. The minimum Gasteiger partial charge on any atom is -0.370 e. The Hall–Kier alpha value is -1.24. The van der Waals surface area contributed by atoms with Crippen LogP contribution in [-0.2, 0) is 30.2 Å². The van der Waals surface area contributed by atoms with Gasteiger partial charge in [0.2, 0.25) is 0 Å². The lowest BCUT2D eigenvalue weighted by atomic mass is 9.76. The average molecular weight is 332 g/mol. The Morgan fingerprint density at radius 2 is 2.35 bits per heavy atom. The molecule has 1 fully saturated rings. The third-order valence-electron chi connectivity index (χ3n) is 5.04. The van der Waals surface area contributed by atoms with Crippen molar-refractivity contribution in [1.29, 1.82) is 0 Å². The summed E-state index contributed by atoms with van der Waals surface area (Å²) in [5.41, 5.74) is 2.29. The Bertz CT molecular complexity index is 709. The second kappa shape index (κ2) is 5.69. The summed E-state index contributed by atoms with van der Waals surface area (Å²) < 4.78 is 8.21. The largest absolute Gasteiger partial charge is 0.370 e.